The molecule has 0 aromatic carbocycles. The van der Waals surface area contributed by atoms with Crippen LogP contribution < -0.4 is 0 Å². The zero-order valence-electron chi connectivity index (χ0n) is 10.6. The Bertz CT molecular complexity index is 297. The number of sulfonamides is 1. The average Bonchev–Trinajstić information content (AvgIpc) is 2.75. The van der Waals surface area contributed by atoms with E-state index in [-0.39, 0.29) is 6.04 Å². The Morgan fingerprint density at radius 2 is 1.62 bits per heavy atom. The fraction of sp³-hybridized carbons (Fsp3) is 1.00. The molecule has 0 N–H and O–H groups in total. The third-order valence-electron chi connectivity index (χ3n) is 3.25. The highest BCUT2D eigenvalue weighted by atomic mass is 32.2. The molecule has 0 aliphatic carbocycles. The van der Waals surface area contributed by atoms with E-state index in [0.29, 0.717) is 6.54 Å². The fourth-order valence-electron chi connectivity index (χ4n) is 2.27. The normalized spacial score (nSPS) is 27.8. The summed E-state index contributed by atoms with van der Waals surface area (Å²) >= 11 is 0. The standard InChI is InChI=1S/C6H13NO2S.C5H11N/c1-6-4-3-5-7(6)10(2,8)9;1-6-4-2-3-5-6/h6H,3-5H2,1-2H3;2-5H2,1H3. The zero-order valence-corrected chi connectivity index (χ0v) is 11.5. The van der Waals surface area contributed by atoms with Gasteiger partial charge in [0.2, 0.25) is 10.0 Å². The summed E-state index contributed by atoms with van der Waals surface area (Å²) in [4.78, 5) is 2.36. The van der Waals surface area contributed by atoms with Crippen LogP contribution in [0.2, 0.25) is 0 Å². The first-order valence-corrected chi connectivity index (χ1v) is 7.91. The lowest BCUT2D eigenvalue weighted by atomic mass is 10.3. The minimum Gasteiger partial charge on any atom is -0.306 e. The van der Waals surface area contributed by atoms with E-state index < -0.39 is 10.0 Å². The smallest absolute Gasteiger partial charge is 0.211 e. The van der Waals surface area contributed by atoms with E-state index in [2.05, 4.69) is 11.9 Å². The van der Waals surface area contributed by atoms with Crippen LogP contribution in [-0.4, -0.2) is 56.6 Å². The van der Waals surface area contributed by atoms with Gasteiger partial charge < -0.3 is 4.90 Å². The van der Waals surface area contributed by atoms with Gasteiger partial charge in [0, 0.05) is 12.6 Å². The molecule has 1 atom stereocenters. The molecule has 2 saturated heterocycles. The Morgan fingerprint density at radius 3 is 1.81 bits per heavy atom. The van der Waals surface area contributed by atoms with Crippen molar-refractivity contribution >= 4 is 10.0 Å². The maximum atomic E-state index is 11.0. The molecule has 0 amide bonds. The maximum absolute atomic E-state index is 11.0. The average molecular weight is 248 g/mol. The van der Waals surface area contributed by atoms with Gasteiger partial charge in [-0.3, -0.25) is 0 Å². The third kappa shape index (κ3) is 4.39. The molecule has 2 fully saturated rings. The van der Waals surface area contributed by atoms with Gasteiger partial charge in [0.05, 0.1) is 6.26 Å². The molecule has 0 aromatic heterocycles. The Morgan fingerprint density at radius 1 is 1.06 bits per heavy atom. The van der Waals surface area contributed by atoms with E-state index in [1.54, 1.807) is 4.31 Å². The monoisotopic (exact) mass is 248 g/mol. The van der Waals surface area contributed by atoms with E-state index in [1.165, 1.54) is 32.2 Å². The predicted molar refractivity (Wildman–Crippen MR) is 67.0 cm³/mol. The molecule has 2 aliphatic heterocycles. The van der Waals surface area contributed by atoms with Gasteiger partial charge in [-0.2, -0.15) is 4.31 Å². The quantitative estimate of drug-likeness (QED) is 0.699. The van der Waals surface area contributed by atoms with Crippen LogP contribution in [0.3, 0.4) is 0 Å². The van der Waals surface area contributed by atoms with Gasteiger partial charge in [0.15, 0.2) is 0 Å². The number of hydrogen-bond donors (Lipinski definition) is 0. The van der Waals surface area contributed by atoms with Gasteiger partial charge in [-0.1, -0.05) is 0 Å². The second-order valence-electron chi connectivity index (χ2n) is 4.88. The lowest BCUT2D eigenvalue weighted by molar-refractivity contribution is 0.412. The topological polar surface area (TPSA) is 40.6 Å². The van der Waals surface area contributed by atoms with Crippen molar-refractivity contribution < 1.29 is 8.42 Å². The summed E-state index contributed by atoms with van der Waals surface area (Å²) < 4.78 is 23.5. The molecule has 0 aromatic rings. The summed E-state index contributed by atoms with van der Waals surface area (Å²) in [6.45, 7) is 5.30. The summed E-state index contributed by atoms with van der Waals surface area (Å²) in [7, 11) is -0.745. The molecule has 1 unspecified atom stereocenters. The Kier molecular flexibility index (Phi) is 5.21. The summed E-state index contributed by atoms with van der Waals surface area (Å²) in [5.74, 6) is 0. The van der Waals surface area contributed by atoms with Crippen LogP contribution in [0.5, 0.6) is 0 Å². The SMILES string of the molecule is CC1CCCN1S(C)(=O)=O.CN1CCCC1. The summed E-state index contributed by atoms with van der Waals surface area (Å²) in [6.07, 6.45) is 6.11. The van der Waals surface area contributed by atoms with E-state index in [0.717, 1.165) is 12.8 Å². The molecule has 0 bridgehead atoms. The summed E-state index contributed by atoms with van der Waals surface area (Å²) in [6, 6.07) is 0.218. The van der Waals surface area contributed by atoms with Crippen molar-refractivity contribution in [3.63, 3.8) is 0 Å². The minimum atomic E-state index is -2.92. The molecule has 4 nitrogen and oxygen atoms in total. The lowest BCUT2D eigenvalue weighted by Crippen LogP contribution is -2.32. The number of nitrogens with zero attached hydrogens (tertiary/aromatic N) is 2. The number of rotatable bonds is 1. The van der Waals surface area contributed by atoms with Crippen molar-refractivity contribution in [2.75, 3.05) is 32.9 Å². The van der Waals surface area contributed by atoms with Crippen LogP contribution in [0, 0.1) is 0 Å². The van der Waals surface area contributed by atoms with Crippen LogP contribution in [0.15, 0.2) is 0 Å². The summed E-state index contributed by atoms with van der Waals surface area (Å²) in [5, 5.41) is 0. The largest absolute Gasteiger partial charge is 0.306 e. The summed E-state index contributed by atoms with van der Waals surface area (Å²) in [5.41, 5.74) is 0. The van der Waals surface area contributed by atoms with Crippen molar-refractivity contribution in [2.24, 2.45) is 0 Å². The van der Waals surface area contributed by atoms with E-state index >= 15 is 0 Å². The first-order valence-electron chi connectivity index (χ1n) is 6.06. The van der Waals surface area contributed by atoms with Crippen LogP contribution >= 0.6 is 0 Å². The molecule has 0 spiro atoms. The van der Waals surface area contributed by atoms with Gasteiger partial charge in [-0.15, -0.1) is 0 Å². The molecule has 2 aliphatic rings. The zero-order chi connectivity index (χ0) is 12.2. The third-order valence-corrected chi connectivity index (χ3v) is 4.64. The van der Waals surface area contributed by atoms with E-state index in [9.17, 15) is 8.42 Å². The van der Waals surface area contributed by atoms with E-state index in [4.69, 9.17) is 0 Å². The fourth-order valence-corrected chi connectivity index (χ4v) is 3.49. The van der Waals surface area contributed by atoms with Crippen LogP contribution in [0.1, 0.15) is 32.6 Å². The highest BCUT2D eigenvalue weighted by molar-refractivity contribution is 7.88. The van der Waals surface area contributed by atoms with Crippen molar-refractivity contribution in [3.8, 4) is 0 Å². The Hall–Kier alpha value is -0.130. The first-order chi connectivity index (χ1) is 7.41. The predicted octanol–water partition coefficient (Wildman–Crippen LogP) is 1.14. The highest BCUT2D eigenvalue weighted by Gasteiger charge is 2.27. The number of hydrogen-bond acceptors (Lipinski definition) is 3. The van der Waals surface area contributed by atoms with Crippen LogP contribution in [0.4, 0.5) is 0 Å². The molecular formula is C11H24N2O2S. The van der Waals surface area contributed by atoms with Crippen LogP contribution in [-0.2, 0) is 10.0 Å². The second-order valence-corrected chi connectivity index (χ2v) is 6.81. The van der Waals surface area contributed by atoms with Crippen molar-refractivity contribution in [1.82, 2.24) is 9.21 Å². The van der Waals surface area contributed by atoms with Crippen molar-refractivity contribution in [3.05, 3.63) is 0 Å². The van der Waals surface area contributed by atoms with Gasteiger partial charge in [-0.05, 0) is 52.7 Å². The van der Waals surface area contributed by atoms with Gasteiger partial charge in [0.25, 0.3) is 0 Å². The molecule has 5 heteroatoms. The molecule has 0 radical (unpaired) electrons. The van der Waals surface area contributed by atoms with Gasteiger partial charge in [-0.25, -0.2) is 8.42 Å². The Labute approximate surface area is 99.7 Å². The molecule has 2 rings (SSSR count). The van der Waals surface area contributed by atoms with E-state index in [1.807, 2.05) is 6.92 Å². The molecule has 96 valence electrons. The van der Waals surface area contributed by atoms with Gasteiger partial charge >= 0.3 is 0 Å². The lowest BCUT2D eigenvalue weighted by Gasteiger charge is -2.17. The van der Waals surface area contributed by atoms with Crippen molar-refractivity contribution in [1.29, 1.82) is 0 Å². The second kappa shape index (κ2) is 5.98. The van der Waals surface area contributed by atoms with Gasteiger partial charge in [0.1, 0.15) is 0 Å². The Balaban J connectivity index is 0.000000181. The number of likely N-dealkylation sites (tertiary alicyclic amines) is 1. The molecule has 16 heavy (non-hydrogen) atoms. The molecule has 2 heterocycles. The maximum Gasteiger partial charge on any atom is 0.211 e. The molecular weight excluding hydrogens is 224 g/mol. The first kappa shape index (κ1) is 13.9. The van der Waals surface area contributed by atoms with Crippen molar-refractivity contribution in [2.45, 2.75) is 38.6 Å². The minimum absolute atomic E-state index is 0.218. The van der Waals surface area contributed by atoms with Crippen LogP contribution in [0.25, 0.3) is 0 Å². The highest BCUT2D eigenvalue weighted by Crippen LogP contribution is 2.18. The molecule has 0 saturated carbocycles.